The molecule has 7 heteroatoms. The number of azide groups is 1. The first-order valence-electron chi connectivity index (χ1n) is 6.49. The number of aliphatic hydroxyl groups is 2. The van der Waals surface area contributed by atoms with E-state index in [1.165, 1.54) is 0 Å². The highest BCUT2D eigenvalue weighted by Gasteiger charge is 2.20. The number of fused-ring (bicyclic) bond motifs is 1. The summed E-state index contributed by atoms with van der Waals surface area (Å²) in [5.74, 6) is 1.21. The summed E-state index contributed by atoms with van der Waals surface area (Å²) in [6.07, 6.45) is -1.05. The van der Waals surface area contributed by atoms with E-state index in [1.54, 1.807) is 18.2 Å². The van der Waals surface area contributed by atoms with Crippen LogP contribution >= 0.6 is 0 Å². The number of ether oxygens (including phenoxy) is 2. The second-order valence-electron chi connectivity index (χ2n) is 4.51. The van der Waals surface area contributed by atoms with E-state index in [4.69, 9.17) is 15.0 Å². The molecule has 0 aromatic heterocycles. The Hall–Kier alpha value is -1.95. The fraction of sp³-hybridized carbons (Fsp3) is 0.538. The van der Waals surface area contributed by atoms with E-state index in [0.717, 1.165) is 6.42 Å². The minimum atomic E-state index is -1.05. The number of rotatable bonds is 5. The average Bonchev–Trinajstić information content (AvgIpc) is 2.71. The van der Waals surface area contributed by atoms with Crippen molar-refractivity contribution < 1.29 is 19.7 Å². The van der Waals surface area contributed by atoms with Gasteiger partial charge in [-0.05, 0) is 29.6 Å². The number of hydrogen-bond acceptors (Lipinski definition) is 5. The molecule has 7 nitrogen and oxygen atoms in total. The van der Waals surface area contributed by atoms with Gasteiger partial charge in [-0.2, -0.15) is 0 Å². The molecule has 2 rings (SSSR count). The fourth-order valence-electron chi connectivity index (χ4n) is 1.98. The summed E-state index contributed by atoms with van der Waals surface area (Å²) in [4.78, 5) is 2.60. The van der Waals surface area contributed by atoms with Gasteiger partial charge in [-0.1, -0.05) is 11.2 Å². The molecule has 2 atom stereocenters. The maximum Gasteiger partial charge on any atom is 0.161 e. The smallest absolute Gasteiger partial charge is 0.161 e. The Kier molecular flexibility index (Phi) is 5.06. The van der Waals surface area contributed by atoms with E-state index < -0.39 is 12.2 Å². The molecule has 0 saturated carbocycles. The number of benzene rings is 1. The molecule has 1 aromatic carbocycles. The van der Waals surface area contributed by atoms with Gasteiger partial charge in [0.25, 0.3) is 0 Å². The second-order valence-corrected chi connectivity index (χ2v) is 4.51. The van der Waals surface area contributed by atoms with Gasteiger partial charge in [0.05, 0.1) is 19.3 Å². The quantitative estimate of drug-likeness (QED) is 0.487. The molecule has 1 aliphatic heterocycles. The molecule has 108 valence electrons. The van der Waals surface area contributed by atoms with Crippen molar-refractivity contribution in [3.8, 4) is 11.5 Å². The highest BCUT2D eigenvalue weighted by molar-refractivity contribution is 5.44. The van der Waals surface area contributed by atoms with Gasteiger partial charge in [0, 0.05) is 17.9 Å². The van der Waals surface area contributed by atoms with E-state index in [0.29, 0.717) is 30.3 Å². The van der Waals surface area contributed by atoms with Crippen molar-refractivity contribution >= 4 is 0 Å². The Morgan fingerprint density at radius 3 is 2.75 bits per heavy atom. The Morgan fingerprint density at radius 2 is 2.00 bits per heavy atom. The molecule has 0 fully saturated rings. The molecular formula is C13H17N3O4. The standard InChI is InChI=1S/C13H17N3O4/c14-16-15-5-4-10(17)13(18)9-2-3-11-12(8-9)20-7-1-6-19-11/h2-3,8,10,13,17-18H,1,4-7H2. The molecule has 20 heavy (non-hydrogen) atoms. The molecule has 0 radical (unpaired) electrons. The van der Waals surface area contributed by atoms with E-state index in [2.05, 4.69) is 10.0 Å². The summed E-state index contributed by atoms with van der Waals surface area (Å²) in [6.45, 7) is 1.30. The van der Waals surface area contributed by atoms with Crippen LogP contribution in [-0.4, -0.2) is 36.1 Å². The van der Waals surface area contributed by atoms with Crippen LogP contribution in [0.15, 0.2) is 23.3 Å². The summed E-state index contributed by atoms with van der Waals surface area (Å²) in [5.41, 5.74) is 8.72. The predicted molar refractivity (Wildman–Crippen MR) is 71.6 cm³/mol. The van der Waals surface area contributed by atoms with Gasteiger partial charge in [-0.15, -0.1) is 0 Å². The zero-order valence-electron chi connectivity index (χ0n) is 11.0. The number of hydrogen-bond donors (Lipinski definition) is 2. The van der Waals surface area contributed by atoms with Crippen molar-refractivity contribution in [1.29, 1.82) is 0 Å². The SMILES string of the molecule is [N-]=[N+]=NCCC(O)C(O)c1ccc2c(c1)OCCCO2. The van der Waals surface area contributed by atoms with Crippen LogP contribution in [0, 0.1) is 0 Å². The summed E-state index contributed by atoms with van der Waals surface area (Å²) < 4.78 is 11.0. The van der Waals surface area contributed by atoms with Crippen molar-refractivity contribution in [2.24, 2.45) is 5.11 Å². The van der Waals surface area contributed by atoms with Crippen LogP contribution < -0.4 is 9.47 Å². The third-order valence-electron chi connectivity index (χ3n) is 3.07. The number of aliphatic hydroxyl groups excluding tert-OH is 2. The zero-order valence-corrected chi connectivity index (χ0v) is 11.0. The van der Waals surface area contributed by atoms with Gasteiger partial charge in [-0.3, -0.25) is 0 Å². The van der Waals surface area contributed by atoms with Crippen LogP contribution in [0.2, 0.25) is 0 Å². The third-order valence-corrected chi connectivity index (χ3v) is 3.07. The lowest BCUT2D eigenvalue weighted by Crippen LogP contribution is -2.19. The fourth-order valence-corrected chi connectivity index (χ4v) is 1.98. The van der Waals surface area contributed by atoms with Crippen molar-refractivity contribution in [2.45, 2.75) is 25.0 Å². The lowest BCUT2D eigenvalue weighted by molar-refractivity contribution is 0.0149. The molecule has 0 aliphatic carbocycles. The Labute approximate surface area is 116 Å². The minimum Gasteiger partial charge on any atom is -0.490 e. The van der Waals surface area contributed by atoms with Gasteiger partial charge < -0.3 is 19.7 Å². The van der Waals surface area contributed by atoms with Crippen LogP contribution in [0.5, 0.6) is 11.5 Å². The Morgan fingerprint density at radius 1 is 1.25 bits per heavy atom. The first-order chi connectivity index (χ1) is 9.72. The van der Waals surface area contributed by atoms with E-state index in [-0.39, 0.29) is 13.0 Å². The first-order valence-corrected chi connectivity index (χ1v) is 6.49. The van der Waals surface area contributed by atoms with Crippen molar-refractivity contribution in [3.05, 3.63) is 34.2 Å². The monoisotopic (exact) mass is 279 g/mol. The average molecular weight is 279 g/mol. The van der Waals surface area contributed by atoms with Crippen LogP contribution in [0.4, 0.5) is 0 Å². The van der Waals surface area contributed by atoms with Crippen molar-refractivity contribution in [1.82, 2.24) is 0 Å². The molecule has 0 saturated heterocycles. The van der Waals surface area contributed by atoms with Crippen molar-refractivity contribution in [3.63, 3.8) is 0 Å². The predicted octanol–water partition coefficient (Wildman–Crippen LogP) is 1.94. The lowest BCUT2D eigenvalue weighted by atomic mass is 10.0. The van der Waals surface area contributed by atoms with Crippen LogP contribution in [0.25, 0.3) is 10.4 Å². The summed E-state index contributed by atoms with van der Waals surface area (Å²) in [7, 11) is 0. The molecule has 2 N–H and O–H groups in total. The van der Waals surface area contributed by atoms with E-state index in [1.807, 2.05) is 0 Å². The largest absolute Gasteiger partial charge is 0.490 e. The molecule has 0 spiro atoms. The van der Waals surface area contributed by atoms with Crippen LogP contribution in [0.3, 0.4) is 0 Å². The molecular weight excluding hydrogens is 262 g/mol. The molecule has 1 heterocycles. The maximum atomic E-state index is 10.1. The first kappa shape index (κ1) is 14.5. The van der Waals surface area contributed by atoms with E-state index in [9.17, 15) is 10.2 Å². The van der Waals surface area contributed by atoms with Gasteiger partial charge in [-0.25, -0.2) is 0 Å². The van der Waals surface area contributed by atoms with Crippen LogP contribution in [-0.2, 0) is 0 Å². The summed E-state index contributed by atoms with van der Waals surface area (Å²) >= 11 is 0. The zero-order chi connectivity index (χ0) is 14.4. The van der Waals surface area contributed by atoms with Crippen molar-refractivity contribution in [2.75, 3.05) is 19.8 Å². The van der Waals surface area contributed by atoms with Gasteiger partial charge >= 0.3 is 0 Å². The van der Waals surface area contributed by atoms with Gasteiger partial charge in [0.1, 0.15) is 6.10 Å². The molecule has 0 amide bonds. The molecule has 0 bridgehead atoms. The highest BCUT2D eigenvalue weighted by atomic mass is 16.5. The normalized spacial score (nSPS) is 16.7. The maximum absolute atomic E-state index is 10.1. The van der Waals surface area contributed by atoms with Gasteiger partial charge in [0.15, 0.2) is 11.5 Å². The number of nitrogens with zero attached hydrogens (tertiary/aromatic N) is 3. The third kappa shape index (κ3) is 3.54. The van der Waals surface area contributed by atoms with Crippen LogP contribution in [0.1, 0.15) is 24.5 Å². The lowest BCUT2D eigenvalue weighted by Gasteiger charge is -2.18. The highest BCUT2D eigenvalue weighted by Crippen LogP contribution is 2.33. The summed E-state index contributed by atoms with van der Waals surface area (Å²) in [5, 5.41) is 23.3. The van der Waals surface area contributed by atoms with E-state index >= 15 is 0 Å². The molecule has 1 aromatic rings. The topological polar surface area (TPSA) is 108 Å². The van der Waals surface area contributed by atoms with Gasteiger partial charge in [0.2, 0.25) is 0 Å². The second kappa shape index (κ2) is 7.00. The Balaban J connectivity index is 2.07. The molecule has 1 aliphatic rings. The molecule has 2 unspecified atom stereocenters. The minimum absolute atomic E-state index is 0.138. The Bertz CT molecular complexity index is 502. The summed E-state index contributed by atoms with van der Waals surface area (Å²) in [6, 6.07) is 5.08.